The summed E-state index contributed by atoms with van der Waals surface area (Å²) in [6.45, 7) is 13.2. The van der Waals surface area contributed by atoms with Crippen LogP contribution in [0.3, 0.4) is 0 Å². The first kappa shape index (κ1) is 19.9. The predicted molar refractivity (Wildman–Crippen MR) is 102 cm³/mol. The number of guanidine groups is 1. The second kappa shape index (κ2) is 8.80. The molecule has 8 heteroatoms. The van der Waals surface area contributed by atoms with Gasteiger partial charge in [0.05, 0.1) is 5.69 Å². The molecule has 142 valence electrons. The molecule has 1 unspecified atom stereocenters. The van der Waals surface area contributed by atoms with E-state index in [-0.39, 0.29) is 4.75 Å². The van der Waals surface area contributed by atoms with Gasteiger partial charge < -0.3 is 14.7 Å². The third kappa shape index (κ3) is 6.11. The number of rotatable bonds is 5. The van der Waals surface area contributed by atoms with Crippen molar-refractivity contribution in [1.29, 1.82) is 0 Å². The van der Waals surface area contributed by atoms with Crippen LogP contribution in [0.15, 0.2) is 15.6 Å². The van der Waals surface area contributed by atoms with E-state index in [0.717, 1.165) is 50.1 Å². The minimum Gasteiger partial charge on any atom is -0.361 e. The monoisotopic (exact) mass is 369 g/mol. The van der Waals surface area contributed by atoms with Gasteiger partial charge in [-0.15, -0.1) is 0 Å². The molecule has 0 aromatic carbocycles. The van der Waals surface area contributed by atoms with Crippen LogP contribution in [-0.4, -0.2) is 75.4 Å². The molecule has 7 nitrogen and oxygen atoms in total. The first-order valence-electron chi connectivity index (χ1n) is 8.78. The van der Waals surface area contributed by atoms with E-state index in [9.17, 15) is 4.21 Å². The zero-order valence-corrected chi connectivity index (χ0v) is 16.9. The van der Waals surface area contributed by atoms with Crippen molar-refractivity contribution >= 4 is 16.8 Å². The number of aliphatic imine (C=N–C) groups is 1. The molecule has 1 fully saturated rings. The molecule has 1 aromatic heterocycles. The number of aromatic nitrogens is 1. The van der Waals surface area contributed by atoms with Crippen molar-refractivity contribution in [1.82, 2.24) is 20.3 Å². The summed E-state index contributed by atoms with van der Waals surface area (Å²) in [7, 11) is 0.952. The van der Waals surface area contributed by atoms with Crippen molar-refractivity contribution in [2.24, 2.45) is 4.99 Å². The van der Waals surface area contributed by atoms with Gasteiger partial charge in [-0.05, 0) is 27.7 Å². The van der Waals surface area contributed by atoms with Gasteiger partial charge in [-0.3, -0.25) is 14.1 Å². The first-order chi connectivity index (χ1) is 11.8. The molecule has 0 bridgehead atoms. The van der Waals surface area contributed by atoms with E-state index >= 15 is 0 Å². The Labute approximate surface area is 153 Å². The van der Waals surface area contributed by atoms with Crippen molar-refractivity contribution in [3.8, 4) is 0 Å². The fourth-order valence-electron chi connectivity index (χ4n) is 2.73. The zero-order valence-electron chi connectivity index (χ0n) is 16.0. The molecule has 1 aliphatic rings. The summed E-state index contributed by atoms with van der Waals surface area (Å²) < 4.78 is 17.1. The van der Waals surface area contributed by atoms with Gasteiger partial charge in [0.1, 0.15) is 5.76 Å². The third-order valence-electron chi connectivity index (χ3n) is 4.20. The van der Waals surface area contributed by atoms with Crippen LogP contribution in [0.25, 0.3) is 0 Å². The standard InChI is InChI=1S/C17H31N5O2S/c1-14-12-15(20-24-14)13-21-7-9-22(10-8-21)16(18-5)19-6-11-25(23)17(2,3)4/h12H,6-11,13H2,1-5H3,(H,18,19). The maximum absolute atomic E-state index is 12.1. The van der Waals surface area contributed by atoms with E-state index in [0.29, 0.717) is 12.3 Å². The second-order valence-electron chi connectivity index (χ2n) is 7.33. The van der Waals surface area contributed by atoms with Crippen molar-refractivity contribution in [2.75, 3.05) is 45.5 Å². The predicted octanol–water partition coefficient (Wildman–Crippen LogP) is 1.22. The van der Waals surface area contributed by atoms with Crippen LogP contribution in [0, 0.1) is 6.92 Å². The highest BCUT2D eigenvalue weighted by Crippen LogP contribution is 2.11. The zero-order chi connectivity index (χ0) is 18.4. The van der Waals surface area contributed by atoms with Gasteiger partial charge in [0.2, 0.25) is 0 Å². The van der Waals surface area contributed by atoms with Crippen LogP contribution < -0.4 is 5.32 Å². The van der Waals surface area contributed by atoms with E-state index in [4.69, 9.17) is 4.52 Å². The largest absolute Gasteiger partial charge is 0.361 e. The lowest BCUT2D eigenvalue weighted by atomic mass is 10.3. The van der Waals surface area contributed by atoms with Gasteiger partial charge in [-0.2, -0.15) is 0 Å². The quantitative estimate of drug-likeness (QED) is 0.621. The lowest BCUT2D eigenvalue weighted by Crippen LogP contribution is -2.52. The molecular formula is C17H31N5O2S. The van der Waals surface area contributed by atoms with Gasteiger partial charge in [0.25, 0.3) is 0 Å². The summed E-state index contributed by atoms with van der Waals surface area (Å²) in [6.07, 6.45) is 0. The Bertz CT molecular complexity index is 600. The Balaban J connectivity index is 1.75. The van der Waals surface area contributed by atoms with E-state index in [1.54, 1.807) is 7.05 Å². The lowest BCUT2D eigenvalue weighted by Gasteiger charge is -2.36. The van der Waals surface area contributed by atoms with Crippen molar-refractivity contribution in [3.63, 3.8) is 0 Å². The third-order valence-corrected chi connectivity index (χ3v) is 6.14. The van der Waals surface area contributed by atoms with E-state index in [2.05, 4.69) is 25.3 Å². The number of aryl methyl sites for hydroxylation is 1. The molecule has 1 N–H and O–H groups in total. The molecule has 1 atom stereocenters. The Morgan fingerprint density at radius 2 is 2.04 bits per heavy atom. The summed E-state index contributed by atoms with van der Waals surface area (Å²) >= 11 is 0. The number of nitrogens with one attached hydrogen (secondary N) is 1. The molecule has 2 rings (SSSR count). The van der Waals surface area contributed by atoms with Gasteiger partial charge in [-0.25, -0.2) is 0 Å². The van der Waals surface area contributed by atoms with Crippen LogP contribution >= 0.6 is 0 Å². The fourth-order valence-corrected chi connectivity index (χ4v) is 3.63. The molecule has 0 amide bonds. The summed E-state index contributed by atoms with van der Waals surface area (Å²) in [5.74, 6) is 2.38. The van der Waals surface area contributed by atoms with Crippen molar-refractivity contribution in [2.45, 2.75) is 39.0 Å². The second-order valence-corrected chi connectivity index (χ2v) is 9.65. The fraction of sp³-hybridized carbons (Fsp3) is 0.765. The average molecular weight is 370 g/mol. The maximum atomic E-state index is 12.1. The molecule has 2 heterocycles. The van der Waals surface area contributed by atoms with E-state index in [1.165, 1.54) is 0 Å². The van der Waals surface area contributed by atoms with Crippen LogP contribution in [0.2, 0.25) is 0 Å². The first-order valence-corrected chi connectivity index (χ1v) is 10.1. The van der Waals surface area contributed by atoms with Crippen molar-refractivity contribution in [3.05, 3.63) is 17.5 Å². The molecular weight excluding hydrogens is 338 g/mol. The molecule has 25 heavy (non-hydrogen) atoms. The molecule has 1 aliphatic heterocycles. The lowest BCUT2D eigenvalue weighted by molar-refractivity contribution is 0.169. The Morgan fingerprint density at radius 1 is 1.36 bits per heavy atom. The van der Waals surface area contributed by atoms with Crippen molar-refractivity contribution < 1.29 is 8.73 Å². The highest BCUT2D eigenvalue weighted by Gasteiger charge is 2.22. The summed E-state index contributed by atoms with van der Waals surface area (Å²) in [6, 6.07) is 1.99. The number of piperazine rings is 1. The molecule has 1 aromatic rings. The van der Waals surface area contributed by atoms with Crippen LogP contribution in [0.1, 0.15) is 32.2 Å². The Kier molecular flexibility index (Phi) is 7.01. The van der Waals surface area contributed by atoms with Crippen LogP contribution in [0.4, 0.5) is 0 Å². The molecule has 0 aliphatic carbocycles. The molecule has 0 radical (unpaired) electrons. The Morgan fingerprint density at radius 3 is 2.56 bits per heavy atom. The topological polar surface area (TPSA) is 74.0 Å². The highest BCUT2D eigenvalue weighted by molar-refractivity contribution is 7.86. The van der Waals surface area contributed by atoms with Crippen LogP contribution in [0.5, 0.6) is 0 Å². The number of hydrogen-bond donors (Lipinski definition) is 1. The summed E-state index contributed by atoms with van der Waals surface area (Å²) in [4.78, 5) is 9.00. The number of nitrogens with zero attached hydrogens (tertiary/aromatic N) is 4. The summed E-state index contributed by atoms with van der Waals surface area (Å²) in [5, 5.41) is 7.41. The van der Waals surface area contributed by atoms with Gasteiger partial charge in [0, 0.05) is 73.7 Å². The minimum atomic E-state index is -0.847. The van der Waals surface area contributed by atoms with Gasteiger partial charge in [-0.1, -0.05) is 5.16 Å². The number of hydrogen-bond acceptors (Lipinski definition) is 5. The van der Waals surface area contributed by atoms with E-state index in [1.807, 2.05) is 33.8 Å². The average Bonchev–Trinajstić information content (AvgIpc) is 2.96. The van der Waals surface area contributed by atoms with Gasteiger partial charge in [0.15, 0.2) is 5.96 Å². The molecule has 0 saturated carbocycles. The minimum absolute atomic E-state index is 0.170. The normalized spacial score (nSPS) is 18.4. The van der Waals surface area contributed by atoms with E-state index < -0.39 is 10.8 Å². The molecule has 0 spiro atoms. The highest BCUT2D eigenvalue weighted by atomic mass is 32.2. The van der Waals surface area contributed by atoms with Crippen LogP contribution in [-0.2, 0) is 17.3 Å². The summed E-state index contributed by atoms with van der Waals surface area (Å²) in [5.41, 5.74) is 0.984. The Hall–Kier alpha value is -1.41. The smallest absolute Gasteiger partial charge is 0.193 e. The maximum Gasteiger partial charge on any atom is 0.193 e. The molecule has 1 saturated heterocycles. The van der Waals surface area contributed by atoms with Gasteiger partial charge >= 0.3 is 0 Å². The SMILES string of the molecule is CN=C(NCCS(=O)C(C)(C)C)N1CCN(Cc2cc(C)on2)CC1.